The normalized spacial score (nSPS) is 21.9. The Morgan fingerprint density at radius 2 is 1.91 bits per heavy atom. The lowest BCUT2D eigenvalue weighted by Gasteiger charge is -2.23. The van der Waals surface area contributed by atoms with E-state index in [4.69, 9.17) is 5.73 Å². The van der Waals surface area contributed by atoms with Gasteiger partial charge < -0.3 is 20.7 Å². The van der Waals surface area contributed by atoms with E-state index < -0.39 is 12.3 Å². The number of carbonyl (C=O) groups excluding carboxylic acids is 1. The summed E-state index contributed by atoms with van der Waals surface area (Å²) in [6.45, 7) is 1.63. The number of carbonyl (C=O) groups is 1. The molecule has 3 atom stereocenters. The maximum Gasteiger partial charge on any atom is 0.573 e. The van der Waals surface area contributed by atoms with Crippen molar-refractivity contribution >= 4 is 17.4 Å². The van der Waals surface area contributed by atoms with Gasteiger partial charge in [0, 0.05) is 42.8 Å². The Labute approximate surface area is 180 Å². The van der Waals surface area contributed by atoms with Crippen LogP contribution >= 0.6 is 0 Å². The molecule has 1 aromatic carbocycles. The number of benzene rings is 1. The molecule has 1 aliphatic heterocycles. The number of aromatic amines is 1. The lowest BCUT2D eigenvalue weighted by molar-refractivity contribution is -0.274. The van der Waals surface area contributed by atoms with Crippen LogP contribution in [-0.2, 0) is 0 Å². The van der Waals surface area contributed by atoms with Crippen LogP contribution in [0.3, 0.4) is 0 Å². The van der Waals surface area contributed by atoms with Crippen molar-refractivity contribution in [1.82, 2.24) is 15.2 Å². The van der Waals surface area contributed by atoms with Gasteiger partial charge in [0.25, 0.3) is 5.91 Å². The lowest BCUT2D eigenvalue weighted by atomic mass is 10.1. The molecule has 1 unspecified atom stereocenters. The largest absolute Gasteiger partial charge is 0.573 e. The molecule has 11 heteroatoms. The van der Waals surface area contributed by atoms with Crippen molar-refractivity contribution in [3.05, 3.63) is 54.4 Å². The van der Waals surface area contributed by atoms with Crippen LogP contribution in [0.4, 0.5) is 24.7 Å². The third kappa shape index (κ3) is 3.98. The van der Waals surface area contributed by atoms with Gasteiger partial charge in [0.05, 0.1) is 11.3 Å². The molecule has 3 aromatic rings. The minimum Gasteiger partial charge on any atom is -0.406 e. The average molecular weight is 444 g/mol. The molecule has 0 bridgehead atoms. The number of fused-ring (bicyclic) bond motifs is 1. The van der Waals surface area contributed by atoms with Crippen molar-refractivity contribution in [2.45, 2.75) is 12.4 Å². The fraction of sp³-hybridized carbons (Fsp3) is 0.286. The summed E-state index contributed by atoms with van der Waals surface area (Å²) in [4.78, 5) is 19.5. The maximum absolute atomic E-state index is 12.8. The fourth-order valence-electron chi connectivity index (χ4n) is 4.13. The molecule has 0 radical (unpaired) electrons. The van der Waals surface area contributed by atoms with Crippen LogP contribution in [0, 0.1) is 11.8 Å². The van der Waals surface area contributed by atoms with Crippen molar-refractivity contribution < 1.29 is 22.7 Å². The highest BCUT2D eigenvalue weighted by molar-refractivity contribution is 6.05. The molecule has 2 aliphatic rings. The molecular weight excluding hydrogens is 425 g/mol. The molecule has 1 saturated heterocycles. The topological polar surface area (TPSA) is 109 Å². The first kappa shape index (κ1) is 20.3. The minimum atomic E-state index is -4.78. The third-order valence-electron chi connectivity index (χ3n) is 5.83. The number of amides is 1. The number of H-pyrrole nitrogens is 1. The van der Waals surface area contributed by atoms with E-state index in [0.717, 1.165) is 42.3 Å². The number of rotatable bonds is 5. The van der Waals surface area contributed by atoms with Crippen LogP contribution in [0.2, 0.25) is 0 Å². The van der Waals surface area contributed by atoms with E-state index in [2.05, 4.69) is 30.1 Å². The Morgan fingerprint density at radius 3 is 2.53 bits per heavy atom. The maximum atomic E-state index is 12.8. The van der Waals surface area contributed by atoms with Gasteiger partial charge in [0.15, 0.2) is 0 Å². The van der Waals surface area contributed by atoms with Crippen LogP contribution in [0.15, 0.2) is 48.8 Å². The number of hydrogen-bond donors (Lipinski definition) is 3. The summed E-state index contributed by atoms with van der Waals surface area (Å²) in [7, 11) is 0. The van der Waals surface area contributed by atoms with Gasteiger partial charge in [0.1, 0.15) is 11.6 Å². The van der Waals surface area contributed by atoms with E-state index in [1.54, 1.807) is 18.3 Å². The van der Waals surface area contributed by atoms with E-state index in [9.17, 15) is 18.0 Å². The average Bonchev–Trinajstić information content (AvgIpc) is 3.20. The zero-order valence-electron chi connectivity index (χ0n) is 16.6. The Kier molecular flexibility index (Phi) is 4.77. The van der Waals surface area contributed by atoms with Gasteiger partial charge >= 0.3 is 6.36 Å². The molecule has 4 N–H and O–H groups in total. The molecule has 166 valence electrons. The summed E-state index contributed by atoms with van der Waals surface area (Å²) in [5, 5.41) is 9.56. The highest BCUT2D eigenvalue weighted by atomic mass is 19.4. The first-order chi connectivity index (χ1) is 15.3. The van der Waals surface area contributed by atoms with Crippen molar-refractivity contribution in [3.63, 3.8) is 0 Å². The Morgan fingerprint density at radius 1 is 1.19 bits per heavy atom. The second-order valence-corrected chi connectivity index (χ2v) is 7.90. The summed E-state index contributed by atoms with van der Waals surface area (Å²) in [6.07, 6.45) is -1.68. The number of anilines is 2. The number of halogens is 3. The summed E-state index contributed by atoms with van der Waals surface area (Å²) >= 11 is 0. The van der Waals surface area contributed by atoms with E-state index in [0.29, 0.717) is 23.1 Å². The molecule has 8 nitrogen and oxygen atoms in total. The zero-order valence-corrected chi connectivity index (χ0v) is 16.6. The second-order valence-electron chi connectivity index (χ2n) is 7.90. The molecule has 1 saturated carbocycles. The Bertz CT molecular complexity index is 1120. The molecule has 2 aromatic heterocycles. The summed E-state index contributed by atoms with van der Waals surface area (Å²) < 4.78 is 40.7. The zero-order chi connectivity index (χ0) is 22.5. The number of hydrogen-bond acceptors (Lipinski definition) is 6. The number of ether oxygens (including phenoxy) is 1. The third-order valence-corrected chi connectivity index (χ3v) is 5.83. The lowest BCUT2D eigenvalue weighted by Crippen LogP contribution is -2.29. The number of piperidine rings is 1. The van der Waals surface area contributed by atoms with Crippen molar-refractivity contribution in [3.8, 4) is 17.0 Å². The van der Waals surface area contributed by atoms with Gasteiger partial charge in [-0.1, -0.05) is 0 Å². The molecule has 5 rings (SSSR count). The highest BCUT2D eigenvalue weighted by Gasteiger charge is 2.54. The number of alkyl halides is 3. The highest BCUT2D eigenvalue weighted by Crippen LogP contribution is 2.46. The number of nitrogens with one attached hydrogen (secondary N) is 2. The predicted molar refractivity (Wildman–Crippen MR) is 110 cm³/mol. The monoisotopic (exact) mass is 444 g/mol. The van der Waals surface area contributed by atoms with Gasteiger partial charge in [-0.05, 0) is 48.2 Å². The van der Waals surface area contributed by atoms with Crippen LogP contribution < -0.4 is 20.7 Å². The molecule has 2 fully saturated rings. The van der Waals surface area contributed by atoms with Crippen molar-refractivity contribution in [2.75, 3.05) is 23.3 Å². The molecule has 3 heterocycles. The van der Waals surface area contributed by atoms with Crippen molar-refractivity contribution in [2.24, 2.45) is 17.6 Å². The predicted octanol–water partition coefficient (Wildman–Crippen LogP) is 3.02. The SMILES string of the molecule is NC1[C@H]2CN(c3ncc(C(=O)Nc4ccc(OC(F)(F)F)cc4)cc3-c3ccn[nH]3)C[C@@H]12. The number of aromatic nitrogens is 3. The van der Waals surface area contributed by atoms with Crippen LogP contribution in [-0.4, -0.2) is 46.6 Å². The molecule has 1 amide bonds. The summed E-state index contributed by atoms with van der Waals surface area (Å²) in [6, 6.07) is 8.68. The van der Waals surface area contributed by atoms with Crippen molar-refractivity contribution in [1.29, 1.82) is 0 Å². The fourth-order valence-corrected chi connectivity index (χ4v) is 4.13. The van der Waals surface area contributed by atoms with Gasteiger partial charge in [-0.2, -0.15) is 5.10 Å². The molecular formula is C21H19F3N6O2. The van der Waals surface area contributed by atoms with E-state index in [1.807, 2.05) is 0 Å². The summed E-state index contributed by atoms with van der Waals surface area (Å²) in [5.74, 6) is 0.878. The van der Waals surface area contributed by atoms with Crippen LogP contribution in [0.1, 0.15) is 10.4 Å². The van der Waals surface area contributed by atoms with Gasteiger partial charge in [-0.25, -0.2) is 4.98 Å². The van der Waals surface area contributed by atoms with Crippen LogP contribution in [0.5, 0.6) is 5.75 Å². The minimum absolute atomic E-state index is 0.250. The second kappa shape index (κ2) is 7.52. The van der Waals surface area contributed by atoms with Gasteiger partial charge in [0.2, 0.25) is 0 Å². The first-order valence-electron chi connectivity index (χ1n) is 9.96. The van der Waals surface area contributed by atoms with Gasteiger partial charge in [-0.15, -0.1) is 13.2 Å². The number of nitrogens with zero attached hydrogens (tertiary/aromatic N) is 3. The summed E-state index contributed by atoms with van der Waals surface area (Å²) in [5.41, 5.74) is 8.12. The Hall–Kier alpha value is -3.60. The van der Waals surface area contributed by atoms with E-state index in [-0.39, 0.29) is 11.8 Å². The smallest absolute Gasteiger partial charge is 0.406 e. The molecule has 1 aliphatic carbocycles. The number of pyridine rings is 1. The van der Waals surface area contributed by atoms with E-state index >= 15 is 0 Å². The first-order valence-corrected chi connectivity index (χ1v) is 9.96. The van der Waals surface area contributed by atoms with Crippen LogP contribution in [0.25, 0.3) is 11.3 Å². The Balaban J connectivity index is 1.35. The quantitative estimate of drug-likeness (QED) is 0.558. The number of nitrogens with two attached hydrogens (primary N) is 1. The standard InChI is InChI=1S/C21H19F3N6O2/c22-21(23,24)32-13-3-1-12(2-4-13)28-20(31)11-7-14(17-5-6-27-29-17)19(26-8-11)30-9-15-16(10-30)18(15)25/h1-8,15-16,18H,9-10,25H2,(H,27,29)(H,28,31)/t15-,16+,18?. The molecule has 0 spiro atoms. The van der Waals surface area contributed by atoms with Gasteiger partial charge in [-0.3, -0.25) is 9.89 Å². The molecule has 32 heavy (non-hydrogen) atoms. The van der Waals surface area contributed by atoms with E-state index in [1.165, 1.54) is 18.3 Å².